The molecule has 0 spiro atoms. The van der Waals surface area contributed by atoms with Crippen molar-refractivity contribution in [1.29, 1.82) is 0 Å². The third kappa shape index (κ3) is 10.0. The van der Waals surface area contributed by atoms with Crippen molar-refractivity contribution in [2.75, 3.05) is 48.9 Å². The van der Waals surface area contributed by atoms with E-state index in [1.54, 1.807) is 70.1 Å². The molecule has 15 heteroatoms. The summed E-state index contributed by atoms with van der Waals surface area (Å²) in [6, 6.07) is 28.5. The van der Waals surface area contributed by atoms with Crippen molar-refractivity contribution >= 4 is 84.5 Å². The Balaban J connectivity index is 0.943. The summed E-state index contributed by atoms with van der Waals surface area (Å²) < 4.78 is 5.90. The molecule has 0 saturated heterocycles. The number of phenolic OH excluding ortho intramolecular Hbond substituents is 1. The molecule has 2 aliphatic rings. The van der Waals surface area contributed by atoms with Crippen LogP contribution in [-0.4, -0.2) is 65.9 Å². The zero-order valence-electron chi connectivity index (χ0n) is 29.7. The molecule has 0 saturated carbocycles. The van der Waals surface area contributed by atoms with Gasteiger partial charge in [0.15, 0.2) is 10.5 Å². The van der Waals surface area contributed by atoms with Gasteiger partial charge in [0.05, 0.1) is 16.9 Å². The molecule has 0 unspecified atom stereocenters. The van der Waals surface area contributed by atoms with Crippen molar-refractivity contribution in [3.05, 3.63) is 124 Å². The lowest BCUT2D eigenvalue weighted by Crippen LogP contribution is -2.30. The predicted octanol–water partition coefficient (Wildman–Crippen LogP) is 8.55. The maximum Gasteiger partial charge on any atom is 0.336 e. The van der Waals surface area contributed by atoms with E-state index >= 15 is 0 Å². The van der Waals surface area contributed by atoms with Gasteiger partial charge in [-0.25, -0.2) is 4.79 Å². The van der Waals surface area contributed by atoms with E-state index in [2.05, 4.69) is 26.2 Å². The Hall–Kier alpha value is -5.90. The summed E-state index contributed by atoms with van der Waals surface area (Å²) in [6.07, 6.45) is 0. The van der Waals surface area contributed by atoms with Gasteiger partial charge >= 0.3 is 5.97 Å². The molecule has 0 aromatic heterocycles. The molecule has 0 fully saturated rings. The van der Waals surface area contributed by atoms with E-state index < -0.39 is 5.97 Å². The lowest BCUT2D eigenvalue weighted by Gasteiger charge is -2.18. The molecule has 0 atom stereocenters. The van der Waals surface area contributed by atoms with Crippen LogP contribution >= 0.6 is 33.8 Å². The van der Waals surface area contributed by atoms with Crippen molar-refractivity contribution < 1.29 is 24.2 Å². The lowest BCUT2D eigenvalue weighted by atomic mass is 9.90. The molecular formula is C40H36N6O6S3. The van der Waals surface area contributed by atoms with Gasteiger partial charge < -0.3 is 35.5 Å². The Kier molecular flexibility index (Phi) is 12.7. The van der Waals surface area contributed by atoms with Gasteiger partial charge in [-0.2, -0.15) is 10.2 Å². The smallest absolute Gasteiger partial charge is 0.336 e. The fourth-order valence-electron chi connectivity index (χ4n) is 5.59. The van der Waals surface area contributed by atoms with Crippen molar-refractivity contribution in [2.24, 2.45) is 10.2 Å². The number of carboxylic acids is 1. The van der Waals surface area contributed by atoms with Crippen molar-refractivity contribution in [3.8, 4) is 28.2 Å². The van der Waals surface area contributed by atoms with Crippen LogP contribution in [0.3, 0.4) is 0 Å². The van der Waals surface area contributed by atoms with Crippen LogP contribution < -0.4 is 26.3 Å². The number of hydrogen-bond acceptors (Lipinski definition) is 11. The van der Waals surface area contributed by atoms with E-state index in [9.17, 15) is 24.6 Å². The summed E-state index contributed by atoms with van der Waals surface area (Å²) >= 11 is 5.46. The minimum absolute atomic E-state index is 0.0150. The highest BCUT2D eigenvalue weighted by Gasteiger charge is 2.22. The highest BCUT2D eigenvalue weighted by molar-refractivity contribution is 8.76. The number of carboxylic acid groups (broad SMARTS) is 1. The summed E-state index contributed by atoms with van der Waals surface area (Å²) in [6.45, 7) is 1.06. The fourth-order valence-corrected chi connectivity index (χ4v) is 7.62. The summed E-state index contributed by atoms with van der Waals surface area (Å²) in [7, 11) is 7.22. The van der Waals surface area contributed by atoms with Gasteiger partial charge in [0, 0.05) is 84.3 Å². The highest BCUT2D eigenvalue weighted by Crippen LogP contribution is 2.42. The van der Waals surface area contributed by atoms with E-state index in [-0.39, 0.29) is 28.4 Å². The number of fused-ring (bicyclic) bond motifs is 2. The van der Waals surface area contributed by atoms with Gasteiger partial charge in [-0.15, -0.1) is 0 Å². The first-order valence-electron chi connectivity index (χ1n) is 17.0. The number of aromatic carboxylic acids is 1. The van der Waals surface area contributed by atoms with Crippen LogP contribution in [0.4, 0.5) is 22.7 Å². The number of aromatic hydroxyl groups is 1. The number of azo groups is 1. The van der Waals surface area contributed by atoms with Gasteiger partial charge in [0.25, 0.3) is 5.91 Å². The average molecular weight is 793 g/mol. The topological polar surface area (TPSA) is 169 Å². The number of amides is 1. The van der Waals surface area contributed by atoms with Crippen LogP contribution in [0, 0.1) is 0 Å². The molecule has 55 heavy (non-hydrogen) atoms. The summed E-state index contributed by atoms with van der Waals surface area (Å²) in [4.78, 5) is 39.2. The van der Waals surface area contributed by atoms with E-state index in [4.69, 9.17) is 16.6 Å². The number of nitrogens with zero attached hydrogens (tertiary/aromatic N) is 3. The summed E-state index contributed by atoms with van der Waals surface area (Å²) in [5, 5.41) is 38.8. The summed E-state index contributed by atoms with van der Waals surface area (Å²) in [5.41, 5.74) is 5.09. The molecular weight excluding hydrogens is 757 g/mol. The molecule has 4 aromatic rings. The van der Waals surface area contributed by atoms with Gasteiger partial charge in [-0.05, 0) is 103 Å². The first-order chi connectivity index (χ1) is 26.5. The number of anilines is 2. The van der Waals surface area contributed by atoms with Crippen LogP contribution in [0.15, 0.2) is 123 Å². The molecule has 1 amide bonds. The molecule has 12 nitrogen and oxygen atoms in total. The number of rotatable bonds is 14. The molecule has 0 bridgehead atoms. The second-order valence-corrected chi connectivity index (χ2v) is 15.4. The van der Waals surface area contributed by atoms with Crippen LogP contribution in [0.25, 0.3) is 33.4 Å². The standard InChI is InChI=1S/C40H36N6O6S3/c1-46(2)28-10-7-26(8-11-28)45-44-25-5-3-24(4-6-25)38(49)41-17-19-54-55-20-18-42-40(53)43-27-9-14-31(34(21-27)39(50)51)37-32-15-12-29(47)22-35(32)52-36-23-30(48)13-16-33(36)37/h3-16,21-23,47H,17-20H2,1-2H3,(H,41,49)(H,50,51)(H2,42,43,53). The van der Waals surface area contributed by atoms with Crippen molar-refractivity contribution in [2.45, 2.75) is 0 Å². The Morgan fingerprint density at radius 3 is 2.13 bits per heavy atom. The monoisotopic (exact) mass is 792 g/mol. The number of thiocarbonyl (C=S) groups is 1. The van der Waals surface area contributed by atoms with Crippen LogP contribution in [0.2, 0.25) is 0 Å². The summed E-state index contributed by atoms with van der Waals surface area (Å²) in [5.74, 6) is 0.375. The number of nitrogens with one attached hydrogen (secondary N) is 3. The van der Waals surface area contributed by atoms with E-state index in [1.807, 2.05) is 43.3 Å². The van der Waals surface area contributed by atoms with E-state index in [0.29, 0.717) is 68.6 Å². The molecule has 1 heterocycles. The first kappa shape index (κ1) is 38.8. The second-order valence-electron chi connectivity index (χ2n) is 12.3. The Labute approximate surface area is 329 Å². The Bertz CT molecular complexity index is 2400. The Morgan fingerprint density at radius 1 is 0.800 bits per heavy atom. The predicted molar refractivity (Wildman–Crippen MR) is 226 cm³/mol. The third-order valence-electron chi connectivity index (χ3n) is 8.26. The van der Waals surface area contributed by atoms with Crippen LogP contribution in [0.1, 0.15) is 20.7 Å². The average Bonchev–Trinajstić information content (AvgIpc) is 3.17. The third-order valence-corrected chi connectivity index (χ3v) is 10.9. The van der Waals surface area contributed by atoms with E-state index in [0.717, 1.165) is 17.1 Å². The zero-order valence-corrected chi connectivity index (χ0v) is 32.2. The SMILES string of the molecule is CN(C)c1ccc(N=Nc2ccc(C(=O)NCCSSCCNC(=S)Nc3ccc(-c4c5ccc(=O)cc-5oc5cc(O)ccc45)c(C(=O)O)c3)cc2)cc1. The molecule has 280 valence electrons. The number of phenols is 1. The first-order valence-corrected chi connectivity index (χ1v) is 19.9. The molecule has 0 radical (unpaired) electrons. The highest BCUT2D eigenvalue weighted by atomic mass is 33.1. The zero-order chi connectivity index (χ0) is 38.9. The quantitative estimate of drug-likeness (QED) is 0.0235. The minimum Gasteiger partial charge on any atom is -0.508 e. The van der Waals surface area contributed by atoms with E-state index in [1.165, 1.54) is 30.3 Å². The second kappa shape index (κ2) is 18.0. The van der Waals surface area contributed by atoms with Crippen molar-refractivity contribution in [3.63, 3.8) is 0 Å². The van der Waals surface area contributed by atoms with Crippen molar-refractivity contribution in [1.82, 2.24) is 10.6 Å². The van der Waals surface area contributed by atoms with Crippen LogP contribution in [0.5, 0.6) is 5.75 Å². The maximum absolute atomic E-state index is 12.6. The van der Waals surface area contributed by atoms with Gasteiger partial charge in [0.2, 0.25) is 0 Å². The van der Waals surface area contributed by atoms with Crippen LogP contribution in [-0.2, 0) is 0 Å². The number of hydrogen-bond donors (Lipinski definition) is 5. The number of benzene rings is 5. The molecule has 4 aromatic carbocycles. The fraction of sp³-hybridized carbons (Fsp3) is 0.150. The normalized spacial score (nSPS) is 11.2. The number of carbonyl (C=O) groups is 2. The Morgan fingerprint density at radius 2 is 1.45 bits per heavy atom. The van der Waals surface area contributed by atoms with Gasteiger partial charge in [-0.1, -0.05) is 27.7 Å². The molecule has 5 N–H and O–H groups in total. The van der Waals surface area contributed by atoms with Gasteiger partial charge in [0.1, 0.15) is 17.1 Å². The molecule has 6 rings (SSSR count). The maximum atomic E-state index is 12.6. The number of carbonyl (C=O) groups excluding carboxylic acids is 1. The molecule has 1 aliphatic heterocycles. The van der Waals surface area contributed by atoms with Gasteiger partial charge in [-0.3, -0.25) is 9.59 Å². The minimum atomic E-state index is -1.15. The molecule has 1 aliphatic carbocycles. The largest absolute Gasteiger partial charge is 0.508 e. The lowest BCUT2D eigenvalue weighted by molar-refractivity contribution is 0.0697.